The molecule has 4 nitrogen and oxygen atoms in total. The van der Waals surface area contributed by atoms with Crippen molar-refractivity contribution in [1.29, 1.82) is 0 Å². The minimum Gasteiger partial charge on any atom is -0.342 e. The lowest BCUT2D eigenvalue weighted by Gasteiger charge is -2.42. The molecule has 4 heteroatoms. The highest BCUT2D eigenvalue weighted by Crippen LogP contribution is 2.39. The minimum absolute atomic E-state index is 0.137. The number of likely N-dealkylation sites (tertiary alicyclic amines) is 2. The second-order valence-corrected chi connectivity index (χ2v) is 7.54. The molecule has 0 bridgehead atoms. The first-order valence-corrected chi connectivity index (χ1v) is 9.91. The van der Waals surface area contributed by atoms with E-state index in [0.29, 0.717) is 19.4 Å². The van der Waals surface area contributed by atoms with Crippen molar-refractivity contribution in [3.05, 3.63) is 71.8 Å². The van der Waals surface area contributed by atoms with Gasteiger partial charge in [0.05, 0.1) is 12.0 Å². The van der Waals surface area contributed by atoms with Gasteiger partial charge in [-0.3, -0.25) is 9.59 Å². The maximum Gasteiger partial charge on any atom is 0.228 e. The van der Waals surface area contributed by atoms with Gasteiger partial charge in [-0.2, -0.15) is 0 Å². The first-order valence-electron chi connectivity index (χ1n) is 9.91. The fourth-order valence-electron chi connectivity index (χ4n) is 4.41. The normalized spacial score (nSPS) is 22.9. The maximum atomic E-state index is 13.3. The topological polar surface area (TPSA) is 40.6 Å². The Morgan fingerprint density at radius 3 is 2.22 bits per heavy atom. The number of benzene rings is 2. The van der Waals surface area contributed by atoms with Gasteiger partial charge in [-0.1, -0.05) is 60.7 Å². The quantitative estimate of drug-likeness (QED) is 0.830. The van der Waals surface area contributed by atoms with E-state index >= 15 is 0 Å². The third kappa shape index (κ3) is 3.75. The smallest absolute Gasteiger partial charge is 0.228 e. The molecule has 2 aliphatic heterocycles. The summed E-state index contributed by atoms with van der Waals surface area (Å²) in [4.78, 5) is 30.1. The van der Waals surface area contributed by atoms with E-state index in [9.17, 15) is 9.59 Å². The maximum absolute atomic E-state index is 13.3. The largest absolute Gasteiger partial charge is 0.342 e. The Labute approximate surface area is 160 Å². The number of nitrogens with zero attached hydrogens (tertiary/aromatic N) is 2. The zero-order valence-corrected chi connectivity index (χ0v) is 15.6. The summed E-state index contributed by atoms with van der Waals surface area (Å²) in [7, 11) is 0. The average Bonchev–Trinajstić information content (AvgIpc) is 3.25. The van der Waals surface area contributed by atoms with Crippen LogP contribution >= 0.6 is 0 Å². The molecule has 2 saturated heterocycles. The van der Waals surface area contributed by atoms with Crippen LogP contribution in [0.3, 0.4) is 0 Å². The number of carbonyl (C=O) groups excluding carboxylic acids is 2. The van der Waals surface area contributed by atoms with E-state index in [-0.39, 0.29) is 23.8 Å². The van der Waals surface area contributed by atoms with Gasteiger partial charge >= 0.3 is 0 Å². The standard InChI is InChI=1S/C23H26N2O2/c26-21-14-13-20(23(27)24-15-7-8-16-24)22(19-11-5-2-6-12-19)25(21)17-18-9-3-1-4-10-18/h1-6,9-12,20,22H,7-8,13-17H2/t20-,22+/m1/s1. The predicted octanol–water partition coefficient (Wildman–Crippen LogP) is 3.79. The molecule has 2 fully saturated rings. The SMILES string of the molecule is O=C([C@@H]1CCC(=O)N(Cc2ccccc2)[C@H]1c1ccccc1)N1CCCC1. The van der Waals surface area contributed by atoms with Crippen LogP contribution in [0.2, 0.25) is 0 Å². The molecule has 2 aromatic carbocycles. The van der Waals surface area contributed by atoms with E-state index in [0.717, 1.165) is 37.1 Å². The molecule has 0 N–H and O–H groups in total. The van der Waals surface area contributed by atoms with Crippen molar-refractivity contribution in [2.24, 2.45) is 5.92 Å². The van der Waals surface area contributed by atoms with Crippen LogP contribution in [0.15, 0.2) is 60.7 Å². The summed E-state index contributed by atoms with van der Waals surface area (Å²) in [6, 6.07) is 19.9. The fraction of sp³-hybridized carbons (Fsp3) is 0.391. The first-order chi connectivity index (χ1) is 13.2. The molecule has 0 saturated carbocycles. The Kier molecular flexibility index (Phi) is 5.23. The summed E-state index contributed by atoms with van der Waals surface area (Å²) in [6.07, 6.45) is 3.25. The van der Waals surface area contributed by atoms with Gasteiger partial charge in [-0.05, 0) is 30.4 Å². The highest BCUT2D eigenvalue weighted by Gasteiger charge is 2.42. The van der Waals surface area contributed by atoms with Crippen molar-refractivity contribution >= 4 is 11.8 Å². The molecular formula is C23H26N2O2. The van der Waals surface area contributed by atoms with Gasteiger partial charge in [-0.25, -0.2) is 0 Å². The number of rotatable bonds is 4. The molecule has 2 heterocycles. The van der Waals surface area contributed by atoms with Crippen LogP contribution in [0, 0.1) is 5.92 Å². The highest BCUT2D eigenvalue weighted by molar-refractivity contribution is 5.85. The van der Waals surface area contributed by atoms with E-state index in [1.165, 1.54) is 0 Å². The van der Waals surface area contributed by atoms with Crippen LogP contribution in [0.1, 0.15) is 42.9 Å². The number of carbonyl (C=O) groups is 2. The molecule has 0 aliphatic carbocycles. The number of hydrogen-bond donors (Lipinski definition) is 0. The van der Waals surface area contributed by atoms with Gasteiger partial charge < -0.3 is 9.80 Å². The van der Waals surface area contributed by atoms with Crippen LogP contribution < -0.4 is 0 Å². The first kappa shape index (κ1) is 17.8. The lowest BCUT2D eigenvalue weighted by molar-refractivity contribution is -0.148. The lowest BCUT2D eigenvalue weighted by Crippen LogP contribution is -2.48. The van der Waals surface area contributed by atoms with Gasteiger partial charge in [-0.15, -0.1) is 0 Å². The summed E-state index contributed by atoms with van der Waals surface area (Å²) in [6.45, 7) is 2.25. The van der Waals surface area contributed by atoms with E-state index in [1.54, 1.807) is 0 Å². The molecule has 4 rings (SSSR count). The molecule has 27 heavy (non-hydrogen) atoms. The van der Waals surface area contributed by atoms with Gasteiger partial charge in [0.25, 0.3) is 0 Å². The van der Waals surface area contributed by atoms with Crippen LogP contribution in [-0.4, -0.2) is 34.7 Å². The van der Waals surface area contributed by atoms with E-state index in [2.05, 4.69) is 0 Å². The fourth-order valence-corrected chi connectivity index (χ4v) is 4.41. The molecule has 2 amide bonds. The molecule has 0 radical (unpaired) electrons. The highest BCUT2D eigenvalue weighted by atomic mass is 16.2. The third-order valence-corrected chi connectivity index (χ3v) is 5.78. The Morgan fingerprint density at radius 1 is 0.926 bits per heavy atom. The number of piperidine rings is 1. The van der Waals surface area contributed by atoms with Crippen LogP contribution in [0.5, 0.6) is 0 Å². The van der Waals surface area contributed by atoms with E-state index < -0.39 is 0 Å². The molecule has 140 valence electrons. The van der Waals surface area contributed by atoms with Gasteiger partial charge in [0, 0.05) is 26.1 Å². The number of hydrogen-bond acceptors (Lipinski definition) is 2. The monoisotopic (exact) mass is 362 g/mol. The minimum atomic E-state index is -0.194. The van der Waals surface area contributed by atoms with Gasteiger partial charge in [0.15, 0.2) is 0 Å². The summed E-state index contributed by atoms with van der Waals surface area (Å²) >= 11 is 0. The Hall–Kier alpha value is -2.62. The van der Waals surface area contributed by atoms with Crippen molar-refractivity contribution < 1.29 is 9.59 Å². The second kappa shape index (κ2) is 7.95. The van der Waals surface area contributed by atoms with Crippen molar-refractivity contribution in [3.8, 4) is 0 Å². The molecule has 2 aromatic rings. The van der Waals surface area contributed by atoms with Gasteiger partial charge in [0.1, 0.15) is 0 Å². The second-order valence-electron chi connectivity index (χ2n) is 7.54. The van der Waals surface area contributed by atoms with Crippen molar-refractivity contribution in [2.75, 3.05) is 13.1 Å². The van der Waals surface area contributed by atoms with Crippen molar-refractivity contribution in [3.63, 3.8) is 0 Å². The third-order valence-electron chi connectivity index (χ3n) is 5.78. The van der Waals surface area contributed by atoms with E-state index in [4.69, 9.17) is 0 Å². The summed E-state index contributed by atoms with van der Waals surface area (Å²) < 4.78 is 0. The molecule has 2 atom stereocenters. The Morgan fingerprint density at radius 2 is 1.56 bits per heavy atom. The molecule has 0 aromatic heterocycles. The molecular weight excluding hydrogens is 336 g/mol. The molecule has 0 unspecified atom stereocenters. The van der Waals surface area contributed by atoms with Crippen LogP contribution in [0.25, 0.3) is 0 Å². The van der Waals surface area contributed by atoms with E-state index in [1.807, 2.05) is 70.5 Å². The van der Waals surface area contributed by atoms with Crippen LogP contribution in [0.4, 0.5) is 0 Å². The lowest BCUT2D eigenvalue weighted by atomic mass is 9.83. The summed E-state index contributed by atoms with van der Waals surface area (Å²) in [5.74, 6) is 0.192. The zero-order chi connectivity index (χ0) is 18.6. The summed E-state index contributed by atoms with van der Waals surface area (Å²) in [5, 5.41) is 0. The zero-order valence-electron chi connectivity index (χ0n) is 15.6. The predicted molar refractivity (Wildman–Crippen MR) is 105 cm³/mol. The molecule has 0 spiro atoms. The average molecular weight is 362 g/mol. The van der Waals surface area contributed by atoms with Crippen LogP contribution in [-0.2, 0) is 16.1 Å². The van der Waals surface area contributed by atoms with Crippen molar-refractivity contribution in [1.82, 2.24) is 9.80 Å². The summed E-state index contributed by atoms with van der Waals surface area (Å²) in [5.41, 5.74) is 2.15. The Bertz CT molecular complexity index is 785. The van der Waals surface area contributed by atoms with Gasteiger partial charge in [0.2, 0.25) is 11.8 Å². The molecule has 2 aliphatic rings. The Balaban J connectivity index is 1.68. The number of amides is 2. The van der Waals surface area contributed by atoms with Crippen molar-refractivity contribution in [2.45, 2.75) is 38.3 Å².